The minimum absolute atomic E-state index is 0.00846. The van der Waals surface area contributed by atoms with E-state index in [1.165, 1.54) is 0 Å². The van der Waals surface area contributed by atoms with E-state index in [-0.39, 0.29) is 17.1 Å². The fourth-order valence-electron chi connectivity index (χ4n) is 2.24. The molecule has 1 aromatic rings. The van der Waals surface area contributed by atoms with Crippen molar-refractivity contribution in [1.82, 2.24) is 4.90 Å². The molecule has 1 fully saturated rings. The van der Waals surface area contributed by atoms with Crippen LogP contribution in [0.2, 0.25) is 0 Å². The lowest BCUT2D eigenvalue weighted by atomic mass is 9.77. The number of benzene rings is 1. The van der Waals surface area contributed by atoms with Crippen LogP contribution in [0.1, 0.15) is 43.6 Å². The van der Waals surface area contributed by atoms with Crippen molar-refractivity contribution in [2.45, 2.75) is 45.8 Å². The van der Waals surface area contributed by atoms with Crippen molar-refractivity contribution in [2.24, 2.45) is 0 Å². The van der Waals surface area contributed by atoms with Crippen molar-refractivity contribution in [1.29, 1.82) is 0 Å². The lowest BCUT2D eigenvalue weighted by Crippen LogP contribution is -2.41. The Labute approximate surface area is 127 Å². The van der Waals surface area contributed by atoms with Gasteiger partial charge in [-0.2, -0.15) is 0 Å². The average Bonchev–Trinajstić information content (AvgIpc) is 2.58. The molecule has 0 aromatic heterocycles. The zero-order chi connectivity index (χ0) is 16.0. The van der Waals surface area contributed by atoms with Gasteiger partial charge in [0.1, 0.15) is 0 Å². The van der Waals surface area contributed by atoms with Crippen molar-refractivity contribution in [2.75, 3.05) is 14.1 Å². The van der Waals surface area contributed by atoms with Crippen molar-refractivity contribution >= 4 is 18.5 Å². The Morgan fingerprint density at radius 2 is 1.62 bits per heavy atom. The van der Waals surface area contributed by atoms with Crippen LogP contribution >= 0.6 is 0 Å². The van der Waals surface area contributed by atoms with Crippen LogP contribution in [-0.4, -0.2) is 43.2 Å². The highest BCUT2D eigenvalue weighted by Crippen LogP contribution is 2.36. The van der Waals surface area contributed by atoms with Gasteiger partial charge < -0.3 is 14.2 Å². The molecule has 114 valence electrons. The highest BCUT2D eigenvalue weighted by Gasteiger charge is 2.51. The van der Waals surface area contributed by atoms with Crippen molar-refractivity contribution < 1.29 is 14.1 Å². The second kappa shape index (κ2) is 5.14. The van der Waals surface area contributed by atoms with Crippen LogP contribution in [-0.2, 0) is 9.31 Å². The highest BCUT2D eigenvalue weighted by atomic mass is 16.7. The maximum absolute atomic E-state index is 12.2. The molecular formula is C16H24BNO3. The van der Waals surface area contributed by atoms with Crippen molar-refractivity contribution in [3.63, 3.8) is 0 Å². The molecule has 0 unspecified atom stereocenters. The van der Waals surface area contributed by atoms with Crippen molar-refractivity contribution in [3.8, 4) is 0 Å². The standard InChI is InChI=1S/C16H24BNO3/c1-11-8-9-12(10-13(11)14(19)18(6)7)17-20-15(2,3)16(4,5)21-17/h8-10H,1-7H3. The number of nitrogens with zero attached hydrogens (tertiary/aromatic N) is 1. The molecule has 0 N–H and O–H groups in total. The highest BCUT2D eigenvalue weighted by molar-refractivity contribution is 6.62. The summed E-state index contributed by atoms with van der Waals surface area (Å²) in [5, 5.41) is 0. The third kappa shape index (κ3) is 2.85. The number of aryl methyl sites for hydroxylation is 1. The van der Waals surface area contributed by atoms with E-state index < -0.39 is 7.12 Å². The van der Waals surface area contributed by atoms with Crippen LogP contribution in [0.4, 0.5) is 0 Å². The van der Waals surface area contributed by atoms with E-state index >= 15 is 0 Å². The van der Waals surface area contributed by atoms with Crippen LogP contribution in [0.3, 0.4) is 0 Å². The van der Waals surface area contributed by atoms with Gasteiger partial charge in [-0.25, -0.2) is 0 Å². The van der Waals surface area contributed by atoms with E-state index in [1.54, 1.807) is 19.0 Å². The summed E-state index contributed by atoms with van der Waals surface area (Å²) < 4.78 is 12.1. The molecule has 1 heterocycles. The van der Waals surface area contributed by atoms with Crippen LogP contribution in [0, 0.1) is 6.92 Å². The van der Waals surface area contributed by atoms with Crippen LogP contribution in [0.15, 0.2) is 18.2 Å². The molecule has 0 atom stereocenters. The Morgan fingerprint density at radius 3 is 2.10 bits per heavy atom. The number of carbonyl (C=O) groups excluding carboxylic acids is 1. The maximum atomic E-state index is 12.2. The summed E-state index contributed by atoms with van der Waals surface area (Å²) in [5.41, 5.74) is 1.76. The molecule has 4 nitrogen and oxygen atoms in total. The SMILES string of the molecule is Cc1ccc(B2OC(C)(C)C(C)(C)O2)cc1C(=O)N(C)C. The van der Waals surface area contributed by atoms with Gasteiger partial charge in [0, 0.05) is 19.7 Å². The Morgan fingerprint density at radius 1 is 1.10 bits per heavy atom. The number of hydrogen-bond donors (Lipinski definition) is 0. The minimum atomic E-state index is -0.440. The van der Waals surface area contributed by atoms with Gasteiger partial charge in [-0.3, -0.25) is 4.79 Å². The first-order valence-corrected chi connectivity index (χ1v) is 7.23. The lowest BCUT2D eigenvalue weighted by molar-refractivity contribution is 0.00578. The van der Waals surface area contributed by atoms with Gasteiger partial charge in [0.25, 0.3) is 5.91 Å². The summed E-state index contributed by atoms with van der Waals surface area (Å²) >= 11 is 0. The summed E-state index contributed by atoms with van der Waals surface area (Å²) in [6.45, 7) is 10.0. The number of hydrogen-bond acceptors (Lipinski definition) is 3. The van der Waals surface area contributed by atoms with E-state index in [2.05, 4.69) is 0 Å². The van der Waals surface area contributed by atoms with E-state index in [9.17, 15) is 4.79 Å². The van der Waals surface area contributed by atoms with Gasteiger partial charge in [-0.05, 0) is 51.7 Å². The third-order valence-electron chi connectivity index (χ3n) is 4.42. The normalized spacial score (nSPS) is 19.7. The Balaban J connectivity index is 2.35. The quantitative estimate of drug-likeness (QED) is 0.782. The summed E-state index contributed by atoms with van der Waals surface area (Å²) in [6, 6.07) is 5.78. The third-order valence-corrected chi connectivity index (χ3v) is 4.42. The topological polar surface area (TPSA) is 38.8 Å². The Bertz CT molecular complexity index is 551. The van der Waals surface area contributed by atoms with E-state index in [4.69, 9.17) is 9.31 Å². The molecular weight excluding hydrogens is 265 g/mol. The second-order valence-corrected chi connectivity index (χ2v) is 6.86. The molecule has 1 aliphatic rings. The summed E-state index contributed by atoms with van der Waals surface area (Å²) in [4.78, 5) is 13.8. The average molecular weight is 289 g/mol. The number of rotatable bonds is 2. The largest absolute Gasteiger partial charge is 0.494 e. The zero-order valence-electron chi connectivity index (χ0n) is 14.0. The Hall–Kier alpha value is -1.33. The van der Waals surface area contributed by atoms with Gasteiger partial charge >= 0.3 is 7.12 Å². The van der Waals surface area contributed by atoms with E-state index in [0.717, 1.165) is 11.0 Å². The van der Waals surface area contributed by atoms with Crippen molar-refractivity contribution in [3.05, 3.63) is 29.3 Å². The summed E-state index contributed by atoms with van der Waals surface area (Å²) in [6.07, 6.45) is 0. The Kier molecular flexibility index (Phi) is 3.93. The lowest BCUT2D eigenvalue weighted by Gasteiger charge is -2.32. The van der Waals surface area contributed by atoms with Crippen LogP contribution in [0.25, 0.3) is 0 Å². The molecule has 0 saturated carbocycles. The van der Waals surface area contributed by atoms with Gasteiger partial charge in [0.15, 0.2) is 0 Å². The van der Waals surface area contributed by atoms with Gasteiger partial charge in [0.05, 0.1) is 11.2 Å². The van der Waals surface area contributed by atoms with Gasteiger partial charge in [-0.15, -0.1) is 0 Å². The fraction of sp³-hybridized carbons (Fsp3) is 0.562. The molecule has 2 rings (SSSR count). The zero-order valence-corrected chi connectivity index (χ0v) is 14.0. The minimum Gasteiger partial charge on any atom is -0.399 e. The van der Waals surface area contributed by atoms with E-state index in [1.807, 2.05) is 52.8 Å². The van der Waals surface area contributed by atoms with Gasteiger partial charge in [0.2, 0.25) is 0 Å². The summed E-state index contributed by atoms with van der Waals surface area (Å²) in [5.74, 6) is -0.00846. The molecule has 1 aromatic carbocycles. The predicted octanol–water partition coefficient (Wildman–Crippen LogP) is 2.00. The molecule has 5 heteroatoms. The smallest absolute Gasteiger partial charge is 0.399 e. The fourth-order valence-corrected chi connectivity index (χ4v) is 2.24. The van der Waals surface area contributed by atoms with E-state index in [0.29, 0.717) is 5.56 Å². The predicted molar refractivity (Wildman–Crippen MR) is 84.9 cm³/mol. The first-order valence-electron chi connectivity index (χ1n) is 7.23. The number of carbonyl (C=O) groups is 1. The summed E-state index contributed by atoms with van der Waals surface area (Å²) in [7, 11) is 3.07. The maximum Gasteiger partial charge on any atom is 0.494 e. The van der Waals surface area contributed by atoms with Crippen LogP contribution < -0.4 is 5.46 Å². The molecule has 0 aliphatic carbocycles. The molecule has 21 heavy (non-hydrogen) atoms. The molecule has 0 spiro atoms. The molecule has 1 aliphatic heterocycles. The first-order chi connectivity index (χ1) is 9.55. The van der Waals surface area contributed by atoms with Crippen LogP contribution in [0.5, 0.6) is 0 Å². The monoisotopic (exact) mass is 289 g/mol. The molecule has 1 amide bonds. The first kappa shape index (κ1) is 16.1. The second-order valence-electron chi connectivity index (χ2n) is 6.86. The molecule has 1 saturated heterocycles. The van der Waals surface area contributed by atoms with Gasteiger partial charge in [-0.1, -0.05) is 12.1 Å². The number of amides is 1. The molecule has 0 radical (unpaired) electrons. The molecule has 0 bridgehead atoms.